The number of nitrogens with two attached hydrogens (primary N) is 1. The molecule has 3 N–H and O–H groups in total. The SMILES string of the molecule is CC(CN)CC(=O)NC1CCSc2ccc(Cl)cc21. The summed E-state index contributed by atoms with van der Waals surface area (Å²) in [6.45, 7) is 2.53. The van der Waals surface area contributed by atoms with Crippen molar-refractivity contribution >= 4 is 29.3 Å². The van der Waals surface area contributed by atoms with E-state index in [9.17, 15) is 4.79 Å². The fraction of sp³-hybridized carbons (Fsp3) is 0.500. The number of halogens is 1. The Hall–Kier alpha value is -0.710. The van der Waals surface area contributed by atoms with Crippen LogP contribution in [0.5, 0.6) is 0 Å². The summed E-state index contributed by atoms with van der Waals surface area (Å²) in [5.41, 5.74) is 6.69. The predicted molar refractivity (Wildman–Crippen MR) is 80.5 cm³/mol. The van der Waals surface area contributed by atoms with E-state index in [1.807, 2.05) is 36.9 Å². The maximum Gasteiger partial charge on any atom is 0.220 e. The third-order valence-electron chi connectivity index (χ3n) is 3.28. The van der Waals surface area contributed by atoms with Gasteiger partial charge < -0.3 is 11.1 Å². The number of carbonyl (C=O) groups is 1. The Kier molecular flexibility index (Phi) is 5.13. The van der Waals surface area contributed by atoms with Gasteiger partial charge in [-0.3, -0.25) is 4.79 Å². The van der Waals surface area contributed by atoms with Crippen LogP contribution in [-0.2, 0) is 4.79 Å². The molecule has 2 unspecified atom stereocenters. The second-order valence-corrected chi connectivity index (χ2v) is 6.56. The highest BCUT2D eigenvalue weighted by Gasteiger charge is 2.22. The molecule has 1 heterocycles. The van der Waals surface area contributed by atoms with E-state index in [2.05, 4.69) is 5.32 Å². The second kappa shape index (κ2) is 6.64. The molecule has 1 aromatic carbocycles. The van der Waals surface area contributed by atoms with Gasteiger partial charge in [0.25, 0.3) is 0 Å². The summed E-state index contributed by atoms with van der Waals surface area (Å²) >= 11 is 7.86. The van der Waals surface area contributed by atoms with Gasteiger partial charge in [-0.15, -0.1) is 11.8 Å². The number of nitrogens with one attached hydrogen (secondary N) is 1. The number of hydrogen-bond acceptors (Lipinski definition) is 3. The van der Waals surface area contributed by atoms with Gasteiger partial charge in [-0.25, -0.2) is 0 Å². The van der Waals surface area contributed by atoms with Gasteiger partial charge in [0, 0.05) is 22.1 Å². The van der Waals surface area contributed by atoms with Crippen LogP contribution in [0.1, 0.15) is 31.4 Å². The monoisotopic (exact) mass is 298 g/mol. The third kappa shape index (κ3) is 3.88. The van der Waals surface area contributed by atoms with Crippen molar-refractivity contribution in [1.29, 1.82) is 0 Å². The van der Waals surface area contributed by atoms with E-state index in [4.69, 9.17) is 17.3 Å². The van der Waals surface area contributed by atoms with Gasteiger partial charge in [0.2, 0.25) is 5.91 Å². The van der Waals surface area contributed by atoms with E-state index in [-0.39, 0.29) is 17.9 Å². The molecule has 3 nitrogen and oxygen atoms in total. The smallest absolute Gasteiger partial charge is 0.220 e. The Morgan fingerprint density at radius 3 is 3.16 bits per heavy atom. The van der Waals surface area contributed by atoms with Crippen LogP contribution in [0.3, 0.4) is 0 Å². The first-order valence-electron chi connectivity index (χ1n) is 6.52. The van der Waals surface area contributed by atoms with Crippen LogP contribution in [0.25, 0.3) is 0 Å². The molecule has 1 aromatic rings. The molecule has 104 valence electrons. The van der Waals surface area contributed by atoms with E-state index in [0.29, 0.717) is 13.0 Å². The van der Waals surface area contributed by atoms with E-state index >= 15 is 0 Å². The summed E-state index contributed by atoms with van der Waals surface area (Å²) in [6.07, 6.45) is 1.43. The molecule has 0 aliphatic carbocycles. The molecule has 0 saturated carbocycles. The summed E-state index contributed by atoms with van der Waals surface area (Å²) in [7, 11) is 0. The lowest BCUT2D eigenvalue weighted by molar-refractivity contribution is -0.122. The molecule has 1 amide bonds. The minimum Gasteiger partial charge on any atom is -0.349 e. The fourth-order valence-corrected chi connectivity index (χ4v) is 3.45. The fourth-order valence-electron chi connectivity index (χ4n) is 2.17. The first-order chi connectivity index (χ1) is 9.10. The molecule has 19 heavy (non-hydrogen) atoms. The number of rotatable bonds is 4. The highest BCUT2D eigenvalue weighted by molar-refractivity contribution is 7.99. The first-order valence-corrected chi connectivity index (χ1v) is 7.88. The van der Waals surface area contributed by atoms with E-state index in [0.717, 1.165) is 22.8 Å². The van der Waals surface area contributed by atoms with Crippen LogP contribution in [0.15, 0.2) is 23.1 Å². The molecule has 1 aliphatic rings. The number of benzene rings is 1. The van der Waals surface area contributed by atoms with Crippen molar-refractivity contribution in [1.82, 2.24) is 5.32 Å². The lowest BCUT2D eigenvalue weighted by Crippen LogP contribution is -2.32. The summed E-state index contributed by atoms with van der Waals surface area (Å²) in [4.78, 5) is 13.2. The molecular formula is C14H19ClN2OS. The van der Waals surface area contributed by atoms with Gasteiger partial charge in [-0.1, -0.05) is 18.5 Å². The van der Waals surface area contributed by atoms with Crippen molar-refractivity contribution in [2.24, 2.45) is 11.7 Å². The molecule has 0 radical (unpaired) electrons. The number of amides is 1. The summed E-state index contributed by atoms with van der Waals surface area (Å²) in [5, 5.41) is 3.82. The lowest BCUT2D eigenvalue weighted by Gasteiger charge is -2.26. The van der Waals surface area contributed by atoms with Crippen LogP contribution in [0, 0.1) is 5.92 Å². The van der Waals surface area contributed by atoms with Crippen molar-refractivity contribution in [3.8, 4) is 0 Å². The van der Waals surface area contributed by atoms with Crippen LogP contribution in [-0.4, -0.2) is 18.2 Å². The standard InChI is InChI=1S/C14H19ClN2OS/c1-9(8-16)6-14(18)17-12-4-5-19-13-3-2-10(15)7-11(12)13/h2-3,7,9,12H,4-6,8,16H2,1H3,(H,17,18). The Labute approximate surface area is 123 Å². The number of hydrogen-bond donors (Lipinski definition) is 2. The quantitative estimate of drug-likeness (QED) is 0.898. The molecule has 0 fully saturated rings. The van der Waals surface area contributed by atoms with Gasteiger partial charge in [-0.05, 0) is 42.6 Å². The van der Waals surface area contributed by atoms with E-state index < -0.39 is 0 Å². The highest BCUT2D eigenvalue weighted by atomic mass is 35.5. The zero-order valence-electron chi connectivity index (χ0n) is 11.0. The van der Waals surface area contributed by atoms with Crippen LogP contribution < -0.4 is 11.1 Å². The minimum absolute atomic E-state index is 0.0702. The molecule has 5 heteroatoms. The average molecular weight is 299 g/mol. The molecule has 0 spiro atoms. The topological polar surface area (TPSA) is 55.1 Å². The summed E-state index contributed by atoms with van der Waals surface area (Å²) < 4.78 is 0. The zero-order valence-corrected chi connectivity index (χ0v) is 12.6. The Bertz CT molecular complexity index is 467. The minimum atomic E-state index is 0.0702. The number of thioether (sulfide) groups is 1. The summed E-state index contributed by atoms with van der Waals surface area (Å²) in [6, 6.07) is 5.96. The second-order valence-electron chi connectivity index (χ2n) is 4.98. The Morgan fingerprint density at radius 2 is 2.42 bits per heavy atom. The maximum absolute atomic E-state index is 12.0. The van der Waals surface area contributed by atoms with Gasteiger partial charge in [0.05, 0.1) is 6.04 Å². The largest absolute Gasteiger partial charge is 0.349 e. The molecule has 0 saturated heterocycles. The molecule has 0 bridgehead atoms. The molecule has 0 aromatic heterocycles. The highest BCUT2D eigenvalue weighted by Crippen LogP contribution is 2.37. The van der Waals surface area contributed by atoms with Crippen LogP contribution in [0.4, 0.5) is 0 Å². The van der Waals surface area contributed by atoms with Gasteiger partial charge in [-0.2, -0.15) is 0 Å². The van der Waals surface area contributed by atoms with Crippen LogP contribution in [0.2, 0.25) is 5.02 Å². The summed E-state index contributed by atoms with van der Waals surface area (Å²) in [5.74, 6) is 1.31. The van der Waals surface area contributed by atoms with Crippen molar-refractivity contribution in [3.63, 3.8) is 0 Å². The van der Waals surface area contributed by atoms with Gasteiger partial charge >= 0.3 is 0 Å². The molecular weight excluding hydrogens is 280 g/mol. The van der Waals surface area contributed by atoms with Crippen molar-refractivity contribution < 1.29 is 4.79 Å². The molecule has 2 rings (SSSR count). The van der Waals surface area contributed by atoms with Crippen molar-refractivity contribution in [2.45, 2.75) is 30.7 Å². The zero-order chi connectivity index (χ0) is 13.8. The Balaban J connectivity index is 2.07. The number of fused-ring (bicyclic) bond motifs is 1. The van der Waals surface area contributed by atoms with Crippen molar-refractivity contribution in [2.75, 3.05) is 12.3 Å². The average Bonchev–Trinajstić information content (AvgIpc) is 2.39. The molecule has 2 atom stereocenters. The van der Waals surface area contributed by atoms with E-state index in [1.54, 1.807) is 0 Å². The normalized spacial score (nSPS) is 19.6. The third-order valence-corrected chi connectivity index (χ3v) is 4.64. The molecule has 1 aliphatic heterocycles. The van der Waals surface area contributed by atoms with Gasteiger partial charge in [0.15, 0.2) is 0 Å². The lowest BCUT2D eigenvalue weighted by atomic mass is 10.0. The van der Waals surface area contributed by atoms with E-state index in [1.165, 1.54) is 4.90 Å². The van der Waals surface area contributed by atoms with Crippen molar-refractivity contribution in [3.05, 3.63) is 28.8 Å². The maximum atomic E-state index is 12.0. The van der Waals surface area contributed by atoms with Gasteiger partial charge in [0.1, 0.15) is 0 Å². The first kappa shape index (κ1) is 14.7. The predicted octanol–water partition coefficient (Wildman–Crippen LogP) is 2.98. The van der Waals surface area contributed by atoms with Crippen LogP contribution >= 0.6 is 23.4 Å². The Morgan fingerprint density at radius 1 is 1.63 bits per heavy atom. The number of carbonyl (C=O) groups excluding carboxylic acids is 1.